The fraction of sp³-hybridized carbons (Fsp3) is 0.538. The number of hydrogen-bond donors (Lipinski definition) is 2. The van der Waals surface area contributed by atoms with Crippen molar-refractivity contribution in [3.8, 4) is 0 Å². The average Bonchev–Trinajstić information content (AvgIpc) is 3.50. The van der Waals surface area contributed by atoms with Crippen molar-refractivity contribution in [2.24, 2.45) is 5.41 Å². The Labute approximate surface area is 268 Å². The quantitative estimate of drug-likeness (QED) is 0.177. The van der Waals surface area contributed by atoms with Crippen molar-refractivity contribution in [1.29, 1.82) is 0 Å². The van der Waals surface area contributed by atoms with E-state index < -0.39 is 41.0 Å². The van der Waals surface area contributed by atoms with E-state index in [1.54, 1.807) is 0 Å². The number of hydrogen-bond acceptors (Lipinski definition) is 6. The van der Waals surface area contributed by atoms with E-state index in [1.165, 1.54) is 0 Å². The van der Waals surface area contributed by atoms with E-state index in [2.05, 4.69) is 6.92 Å². The second-order valence-electron chi connectivity index (χ2n) is 13.3. The zero-order valence-corrected chi connectivity index (χ0v) is 26.7. The summed E-state index contributed by atoms with van der Waals surface area (Å²) in [5.41, 5.74) is -0.737. The van der Waals surface area contributed by atoms with E-state index in [-0.39, 0.29) is 0 Å². The maximum absolute atomic E-state index is 12.9. The van der Waals surface area contributed by atoms with Gasteiger partial charge in [0, 0.05) is 12.0 Å². The minimum atomic E-state index is -1.53. The highest BCUT2D eigenvalue weighted by atomic mass is 16.6. The number of rotatable bonds is 15. The van der Waals surface area contributed by atoms with Gasteiger partial charge in [0.05, 0.1) is 19.8 Å². The first-order valence-electron chi connectivity index (χ1n) is 17.1. The van der Waals surface area contributed by atoms with Crippen LogP contribution in [0.15, 0.2) is 91.0 Å². The summed E-state index contributed by atoms with van der Waals surface area (Å²) in [6.45, 7) is 3.63. The molecule has 6 atom stereocenters. The van der Waals surface area contributed by atoms with Crippen molar-refractivity contribution in [2.45, 2.75) is 120 Å². The van der Waals surface area contributed by atoms with Gasteiger partial charge < -0.3 is 29.2 Å². The first kappa shape index (κ1) is 32.4. The molecule has 2 N–H and O–H groups in total. The lowest BCUT2D eigenvalue weighted by Crippen LogP contribution is -2.66. The molecule has 242 valence electrons. The summed E-state index contributed by atoms with van der Waals surface area (Å²) in [4.78, 5) is 0. The lowest BCUT2D eigenvalue weighted by molar-refractivity contribution is -0.272. The molecule has 3 aromatic carbocycles. The Morgan fingerprint density at radius 2 is 1.00 bits per heavy atom. The van der Waals surface area contributed by atoms with Gasteiger partial charge in [0.15, 0.2) is 0 Å². The molecule has 45 heavy (non-hydrogen) atoms. The number of ether oxygens (including phenoxy) is 4. The molecule has 3 aliphatic rings. The molecule has 0 heterocycles. The van der Waals surface area contributed by atoms with Crippen molar-refractivity contribution in [3.05, 3.63) is 108 Å². The summed E-state index contributed by atoms with van der Waals surface area (Å²) in [5.74, 6) is 0. The van der Waals surface area contributed by atoms with Crippen molar-refractivity contribution in [1.82, 2.24) is 0 Å². The summed E-state index contributed by atoms with van der Waals surface area (Å²) in [5, 5.41) is 25.8. The summed E-state index contributed by atoms with van der Waals surface area (Å²) < 4.78 is 27.0. The van der Waals surface area contributed by atoms with Gasteiger partial charge in [-0.05, 0) is 36.0 Å². The van der Waals surface area contributed by atoms with Crippen LogP contribution in [0.25, 0.3) is 0 Å². The summed E-state index contributed by atoms with van der Waals surface area (Å²) in [7, 11) is 0. The first-order chi connectivity index (χ1) is 22.0. The van der Waals surface area contributed by atoms with Gasteiger partial charge >= 0.3 is 0 Å². The van der Waals surface area contributed by atoms with Crippen LogP contribution in [0.1, 0.15) is 81.4 Å². The second-order valence-corrected chi connectivity index (χ2v) is 13.3. The minimum Gasteiger partial charge on any atom is -0.383 e. The van der Waals surface area contributed by atoms with Crippen LogP contribution in [-0.2, 0) is 38.8 Å². The fourth-order valence-electron chi connectivity index (χ4n) is 8.25. The molecule has 6 rings (SSSR count). The Bertz CT molecular complexity index is 1310. The molecule has 0 amide bonds. The second kappa shape index (κ2) is 14.5. The smallest absolute Gasteiger partial charge is 0.134 e. The van der Waals surface area contributed by atoms with E-state index in [9.17, 15) is 10.2 Å². The largest absolute Gasteiger partial charge is 0.383 e. The number of fused-ring (bicyclic) bond motifs is 3. The van der Waals surface area contributed by atoms with E-state index in [1.807, 2.05) is 91.0 Å². The average molecular weight is 615 g/mol. The fourth-order valence-corrected chi connectivity index (χ4v) is 8.25. The molecule has 0 radical (unpaired) electrons. The van der Waals surface area contributed by atoms with Crippen molar-refractivity contribution >= 4 is 0 Å². The summed E-state index contributed by atoms with van der Waals surface area (Å²) in [6, 6.07) is 30.1. The maximum Gasteiger partial charge on any atom is 0.134 e. The number of unbranched alkanes of at least 4 members (excludes halogenated alkanes) is 3. The third-order valence-electron chi connectivity index (χ3n) is 10.6. The van der Waals surface area contributed by atoms with E-state index in [0.717, 1.165) is 74.5 Å². The molecule has 0 aliphatic heterocycles. The van der Waals surface area contributed by atoms with Gasteiger partial charge in [-0.25, -0.2) is 0 Å². The van der Waals surface area contributed by atoms with Gasteiger partial charge in [0.1, 0.15) is 35.6 Å². The molecular formula is C39H50O6. The highest BCUT2D eigenvalue weighted by Gasteiger charge is 2.95. The van der Waals surface area contributed by atoms with Crippen molar-refractivity contribution in [3.63, 3.8) is 0 Å². The SMILES string of the molecule is CCCCCCOC1C(OCc2ccccc2)C(OCc2ccccc2)C(OCc2ccccc2)C2(O)C3(CCCCC3)C12O. The van der Waals surface area contributed by atoms with Crippen LogP contribution in [0.2, 0.25) is 0 Å². The Balaban J connectivity index is 1.38. The first-order valence-corrected chi connectivity index (χ1v) is 17.1. The van der Waals surface area contributed by atoms with Crippen molar-refractivity contribution < 1.29 is 29.2 Å². The van der Waals surface area contributed by atoms with E-state index >= 15 is 0 Å². The molecule has 3 saturated carbocycles. The van der Waals surface area contributed by atoms with Crippen LogP contribution in [0.3, 0.4) is 0 Å². The lowest BCUT2D eigenvalue weighted by Gasteiger charge is -2.46. The van der Waals surface area contributed by atoms with Gasteiger partial charge in [-0.1, -0.05) is 136 Å². The molecule has 3 aromatic rings. The highest BCUT2D eigenvalue weighted by Crippen LogP contribution is 2.77. The zero-order valence-electron chi connectivity index (χ0n) is 26.7. The standard InChI is InChI=1S/C39H50O6/c1-2-3-4-17-26-42-35-33(43-27-30-18-9-5-10-19-30)34(44-28-31-20-11-6-12-21-31)36(45-29-32-22-13-7-14-23-32)39(41)37(38(35,39)40)24-15-8-16-25-37/h5-7,9-14,18-23,33-36,40-41H,2-4,8,15-17,24-29H2,1H3. The summed E-state index contributed by atoms with van der Waals surface area (Å²) >= 11 is 0. The number of benzene rings is 3. The third kappa shape index (κ3) is 6.14. The predicted molar refractivity (Wildman–Crippen MR) is 174 cm³/mol. The van der Waals surface area contributed by atoms with Gasteiger partial charge in [0.2, 0.25) is 0 Å². The topological polar surface area (TPSA) is 77.4 Å². The minimum absolute atomic E-state index is 0.291. The van der Waals surface area contributed by atoms with Gasteiger partial charge in [-0.2, -0.15) is 0 Å². The maximum atomic E-state index is 12.9. The molecule has 3 fully saturated rings. The Morgan fingerprint density at radius 3 is 1.47 bits per heavy atom. The molecular weight excluding hydrogens is 564 g/mol. The molecule has 6 nitrogen and oxygen atoms in total. The molecule has 0 saturated heterocycles. The summed E-state index contributed by atoms with van der Waals surface area (Å²) in [6.07, 6.45) is 5.74. The lowest BCUT2D eigenvalue weighted by atomic mass is 9.81. The predicted octanol–water partition coefficient (Wildman–Crippen LogP) is 7.15. The van der Waals surface area contributed by atoms with Crippen LogP contribution in [0.4, 0.5) is 0 Å². The van der Waals surface area contributed by atoms with Crippen LogP contribution in [-0.4, -0.2) is 52.4 Å². The van der Waals surface area contributed by atoms with Crippen LogP contribution in [0, 0.1) is 5.41 Å². The normalized spacial score (nSPS) is 30.2. The molecule has 6 heteroatoms. The Hall–Kier alpha value is -2.58. The molecule has 6 unspecified atom stereocenters. The van der Waals surface area contributed by atoms with E-state index in [4.69, 9.17) is 18.9 Å². The Kier molecular flexibility index (Phi) is 10.4. The molecule has 1 spiro atoms. The highest BCUT2D eigenvalue weighted by molar-refractivity contribution is 5.44. The van der Waals surface area contributed by atoms with Gasteiger partial charge in [-0.3, -0.25) is 0 Å². The molecule has 3 aliphatic carbocycles. The van der Waals surface area contributed by atoms with E-state index in [0.29, 0.717) is 26.4 Å². The van der Waals surface area contributed by atoms with Crippen LogP contribution < -0.4 is 0 Å². The Morgan fingerprint density at radius 1 is 0.556 bits per heavy atom. The van der Waals surface area contributed by atoms with Gasteiger partial charge in [-0.15, -0.1) is 0 Å². The number of aliphatic hydroxyl groups is 2. The van der Waals surface area contributed by atoms with Gasteiger partial charge in [0.25, 0.3) is 0 Å². The van der Waals surface area contributed by atoms with Crippen LogP contribution >= 0.6 is 0 Å². The van der Waals surface area contributed by atoms with Crippen molar-refractivity contribution in [2.75, 3.05) is 6.61 Å². The molecule has 0 bridgehead atoms. The monoisotopic (exact) mass is 614 g/mol. The van der Waals surface area contributed by atoms with Crippen LogP contribution in [0.5, 0.6) is 0 Å². The third-order valence-corrected chi connectivity index (χ3v) is 10.6. The molecule has 0 aromatic heterocycles. The zero-order chi connectivity index (χ0) is 31.2.